The number of hydrogen-bond donors (Lipinski definition) is 2. The van der Waals surface area contributed by atoms with Crippen molar-refractivity contribution in [3.05, 3.63) is 18.2 Å². The summed E-state index contributed by atoms with van der Waals surface area (Å²) in [5, 5.41) is 2.56. The topological polar surface area (TPSA) is 73.6 Å². The van der Waals surface area contributed by atoms with Crippen LogP contribution >= 0.6 is 12.4 Å². The third-order valence-corrected chi connectivity index (χ3v) is 3.04. The van der Waals surface area contributed by atoms with Crippen molar-refractivity contribution >= 4 is 24.0 Å². The Labute approximate surface area is 145 Å². The average molecular weight is 371 g/mol. The number of rotatable bonds is 5. The predicted molar refractivity (Wildman–Crippen MR) is 87.9 cm³/mol. The van der Waals surface area contributed by atoms with Crippen LogP contribution in [0.4, 0.5) is 18.9 Å². The van der Waals surface area contributed by atoms with Crippen LogP contribution in [0.1, 0.15) is 20.8 Å². The van der Waals surface area contributed by atoms with E-state index in [0.29, 0.717) is 0 Å². The van der Waals surface area contributed by atoms with Crippen LogP contribution in [0.2, 0.25) is 0 Å². The van der Waals surface area contributed by atoms with Gasteiger partial charge in [-0.05, 0) is 17.5 Å². The van der Waals surface area contributed by atoms with Gasteiger partial charge >= 0.3 is 6.18 Å². The van der Waals surface area contributed by atoms with Gasteiger partial charge in [0, 0.05) is 11.8 Å². The summed E-state index contributed by atoms with van der Waals surface area (Å²) < 4.78 is 46.5. The molecule has 0 heterocycles. The van der Waals surface area contributed by atoms with Gasteiger partial charge in [-0.2, -0.15) is 13.2 Å². The molecule has 0 aliphatic heterocycles. The number of hydrogen-bond acceptors (Lipinski definition) is 4. The van der Waals surface area contributed by atoms with Gasteiger partial charge in [0.05, 0.1) is 13.2 Å². The van der Waals surface area contributed by atoms with E-state index in [4.69, 9.17) is 15.2 Å². The number of carbonyl (C=O) groups is 1. The molecule has 0 aromatic heterocycles. The predicted octanol–water partition coefficient (Wildman–Crippen LogP) is 3.37. The minimum absolute atomic E-state index is 0. The summed E-state index contributed by atoms with van der Waals surface area (Å²) in [5.74, 6) is -0.427. The first-order valence-corrected chi connectivity index (χ1v) is 6.88. The quantitative estimate of drug-likeness (QED) is 0.833. The summed E-state index contributed by atoms with van der Waals surface area (Å²) in [6.07, 6.45) is -4.47. The second-order valence-electron chi connectivity index (χ2n) is 6.10. The fourth-order valence-corrected chi connectivity index (χ4v) is 1.64. The van der Waals surface area contributed by atoms with Gasteiger partial charge in [0.25, 0.3) is 0 Å². The number of nitrogens with one attached hydrogen (secondary N) is 1. The number of carbonyl (C=O) groups excluding carboxylic acids is 1. The summed E-state index contributed by atoms with van der Waals surface area (Å²) in [6.45, 7) is 3.97. The van der Waals surface area contributed by atoms with E-state index in [1.807, 2.05) is 20.8 Å². The zero-order chi connectivity index (χ0) is 17.8. The molecular formula is C15H22ClF3N2O3. The van der Waals surface area contributed by atoms with Gasteiger partial charge in [-0.15, -0.1) is 12.4 Å². The van der Waals surface area contributed by atoms with Crippen molar-refractivity contribution in [1.82, 2.24) is 0 Å². The minimum atomic E-state index is -4.47. The largest absolute Gasteiger partial charge is 0.493 e. The van der Waals surface area contributed by atoms with E-state index in [2.05, 4.69) is 5.32 Å². The second-order valence-corrected chi connectivity index (χ2v) is 6.10. The van der Waals surface area contributed by atoms with Gasteiger partial charge in [0.2, 0.25) is 5.91 Å². The van der Waals surface area contributed by atoms with Crippen molar-refractivity contribution in [2.45, 2.75) is 33.0 Å². The molecule has 0 bridgehead atoms. The van der Waals surface area contributed by atoms with Crippen molar-refractivity contribution in [3.8, 4) is 11.5 Å². The number of benzene rings is 1. The number of halogens is 4. The van der Waals surface area contributed by atoms with Gasteiger partial charge in [0.1, 0.15) is 0 Å². The summed E-state index contributed by atoms with van der Waals surface area (Å²) in [5.41, 5.74) is 5.65. The molecular weight excluding hydrogens is 349 g/mol. The molecule has 0 aliphatic carbocycles. The fraction of sp³-hybridized carbons (Fsp3) is 0.533. The summed E-state index contributed by atoms with van der Waals surface area (Å²) >= 11 is 0. The molecule has 0 aliphatic rings. The Balaban J connectivity index is 0.00000529. The van der Waals surface area contributed by atoms with E-state index in [-0.39, 0.29) is 29.6 Å². The smallest absolute Gasteiger partial charge is 0.422 e. The Bertz CT molecular complexity index is 560. The third kappa shape index (κ3) is 6.84. The van der Waals surface area contributed by atoms with Crippen LogP contribution in [0, 0.1) is 5.41 Å². The first kappa shape index (κ1) is 22.3. The van der Waals surface area contributed by atoms with Crippen LogP contribution in [0.25, 0.3) is 0 Å². The minimum Gasteiger partial charge on any atom is -0.493 e. The lowest BCUT2D eigenvalue weighted by Crippen LogP contribution is -2.45. The lowest BCUT2D eigenvalue weighted by molar-refractivity contribution is -0.153. The SMILES string of the molecule is COc1ccc(NC(=O)[C@@H](N)C(C)(C)C)cc1OCC(F)(F)F.Cl. The van der Waals surface area contributed by atoms with Crippen LogP contribution in [0.15, 0.2) is 18.2 Å². The van der Waals surface area contributed by atoms with Crippen LogP contribution in [-0.2, 0) is 4.79 Å². The van der Waals surface area contributed by atoms with Gasteiger partial charge in [-0.3, -0.25) is 4.79 Å². The zero-order valence-corrected chi connectivity index (χ0v) is 14.7. The van der Waals surface area contributed by atoms with E-state index in [9.17, 15) is 18.0 Å². The Morgan fingerprint density at radius 3 is 2.29 bits per heavy atom. The van der Waals surface area contributed by atoms with Crippen LogP contribution in [0.3, 0.4) is 0 Å². The van der Waals surface area contributed by atoms with Gasteiger partial charge in [-0.25, -0.2) is 0 Å². The Hall–Kier alpha value is -1.67. The highest BCUT2D eigenvalue weighted by Gasteiger charge is 2.30. The molecule has 0 fully saturated rings. The van der Waals surface area contributed by atoms with Gasteiger partial charge in [0.15, 0.2) is 18.1 Å². The average Bonchev–Trinajstić information content (AvgIpc) is 2.42. The summed E-state index contributed by atoms with van der Waals surface area (Å²) in [7, 11) is 1.31. The Kier molecular flexibility index (Phi) is 7.85. The molecule has 0 unspecified atom stereocenters. The molecule has 3 N–H and O–H groups in total. The zero-order valence-electron chi connectivity index (χ0n) is 13.9. The lowest BCUT2D eigenvalue weighted by Gasteiger charge is -2.26. The number of amides is 1. The molecule has 0 saturated carbocycles. The van der Waals surface area contributed by atoms with E-state index >= 15 is 0 Å². The highest BCUT2D eigenvalue weighted by Crippen LogP contribution is 2.32. The maximum absolute atomic E-state index is 12.3. The maximum Gasteiger partial charge on any atom is 0.422 e. The van der Waals surface area contributed by atoms with Crippen molar-refractivity contribution in [1.29, 1.82) is 0 Å². The fourth-order valence-electron chi connectivity index (χ4n) is 1.64. The molecule has 0 spiro atoms. The highest BCUT2D eigenvalue weighted by molar-refractivity contribution is 5.95. The van der Waals surface area contributed by atoms with Crippen LogP contribution < -0.4 is 20.5 Å². The third-order valence-electron chi connectivity index (χ3n) is 3.04. The molecule has 5 nitrogen and oxygen atoms in total. The number of anilines is 1. The maximum atomic E-state index is 12.3. The van der Waals surface area contributed by atoms with Crippen molar-refractivity contribution < 1.29 is 27.4 Å². The van der Waals surface area contributed by atoms with Crippen LogP contribution in [0.5, 0.6) is 11.5 Å². The number of alkyl halides is 3. The molecule has 0 saturated heterocycles. The first-order chi connectivity index (χ1) is 10.4. The normalized spacial score (nSPS) is 12.8. The molecule has 0 radical (unpaired) electrons. The first-order valence-electron chi connectivity index (χ1n) is 6.88. The summed E-state index contributed by atoms with van der Waals surface area (Å²) in [6, 6.07) is 3.39. The Morgan fingerprint density at radius 1 is 1.25 bits per heavy atom. The van der Waals surface area contributed by atoms with Gasteiger partial charge < -0.3 is 20.5 Å². The molecule has 1 aromatic carbocycles. The number of ether oxygens (including phenoxy) is 2. The molecule has 1 rings (SSSR count). The lowest BCUT2D eigenvalue weighted by atomic mass is 9.87. The molecule has 1 aromatic rings. The molecule has 1 atom stereocenters. The molecule has 9 heteroatoms. The molecule has 138 valence electrons. The van der Waals surface area contributed by atoms with Crippen molar-refractivity contribution in [3.63, 3.8) is 0 Å². The van der Waals surface area contributed by atoms with E-state index in [1.54, 1.807) is 0 Å². The van der Waals surface area contributed by atoms with E-state index in [0.717, 1.165) is 0 Å². The Morgan fingerprint density at radius 2 is 1.83 bits per heavy atom. The molecule has 1 amide bonds. The standard InChI is InChI=1S/C15H21F3N2O3.ClH/c1-14(2,3)12(19)13(21)20-9-5-6-10(22-4)11(7-9)23-8-15(16,17)18;/h5-7,12H,8,19H2,1-4H3,(H,20,21);1H/t12-;/m1./s1. The second kappa shape index (κ2) is 8.43. The number of nitrogens with two attached hydrogens (primary N) is 1. The summed E-state index contributed by atoms with van der Waals surface area (Å²) in [4.78, 5) is 12.1. The van der Waals surface area contributed by atoms with Crippen molar-refractivity contribution in [2.24, 2.45) is 11.1 Å². The van der Waals surface area contributed by atoms with Gasteiger partial charge in [-0.1, -0.05) is 20.8 Å². The van der Waals surface area contributed by atoms with Crippen molar-refractivity contribution in [2.75, 3.05) is 19.0 Å². The van der Waals surface area contributed by atoms with Crippen LogP contribution in [-0.4, -0.2) is 31.8 Å². The molecule has 24 heavy (non-hydrogen) atoms. The number of methoxy groups -OCH3 is 1. The monoisotopic (exact) mass is 370 g/mol. The highest BCUT2D eigenvalue weighted by atomic mass is 35.5. The van der Waals surface area contributed by atoms with E-state index < -0.39 is 30.1 Å². The van der Waals surface area contributed by atoms with E-state index in [1.165, 1.54) is 25.3 Å².